The molecule has 0 spiro atoms. The normalized spacial score (nSPS) is 11.0. The molecule has 0 aliphatic heterocycles. The van der Waals surface area contributed by atoms with Gasteiger partial charge in [0, 0.05) is 17.8 Å². The lowest BCUT2D eigenvalue weighted by molar-refractivity contribution is 0.318. The Labute approximate surface area is 147 Å². The zero-order chi connectivity index (χ0) is 16.2. The molecule has 0 unspecified atom stereocenters. The summed E-state index contributed by atoms with van der Waals surface area (Å²) in [5.74, 6) is 1.60. The molecule has 23 heavy (non-hydrogen) atoms. The number of halogens is 1. The van der Waals surface area contributed by atoms with E-state index < -0.39 is 0 Å². The highest BCUT2D eigenvalue weighted by Gasteiger charge is 2.09. The third kappa shape index (κ3) is 3.88. The molecule has 0 atom stereocenters. The van der Waals surface area contributed by atoms with Crippen molar-refractivity contribution in [1.29, 1.82) is 0 Å². The van der Waals surface area contributed by atoms with E-state index in [-0.39, 0.29) is 5.56 Å². The van der Waals surface area contributed by atoms with E-state index in [0.29, 0.717) is 17.0 Å². The molecule has 0 saturated heterocycles. The quantitative estimate of drug-likeness (QED) is 0.372. The number of rotatable bonds is 6. The summed E-state index contributed by atoms with van der Waals surface area (Å²) in [5.41, 5.74) is 0.00827. The highest BCUT2D eigenvalue weighted by molar-refractivity contribution is 7.99. The highest BCUT2D eigenvalue weighted by atomic mass is 35.5. The monoisotopic (exact) mass is 366 g/mol. The summed E-state index contributed by atoms with van der Waals surface area (Å²) in [4.78, 5) is 17.5. The van der Waals surface area contributed by atoms with Crippen LogP contribution in [-0.4, -0.2) is 21.9 Å². The second kappa shape index (κ2) is 7.38. The van der Waals surface area contributed by atoms with Crippen LogP contribution in [-0.2, 0) is 7.05 Å². The molecular formula is C16H15ClN2O2S2. The molecule has 0 aliphatic carbocycles. The van der Waals surface area contributed by atoms with Crippen LogP contribution in [0.5, 0.6) is 5.75 Å². The molecule has 0 N–H and O–H groups in total. The lowest BCUT2D eigenvalue weighted by Crippen LogP contribution is -2.19. The van der Waals surface area contributed by atoms with Gasteiger partial charge in [0.2, 0.25) is 0 Å². The number of aromatic nitrogens is 2. The molecule has 3 aromatic rings. The van der Waals surface area contributed by atoms with Crippen LogP contribution in [0.2, 0.25) is 5.02 Å². The third-order valence-corrected chi connectivity index (χ3v) is 5.41. The van der Waals surface area contributed by atoms with E-state index in [1.807, 2.05) is 29.6 Å². The summed E-state index contributed by atoms with van der Waals surface area (Å²) in [6, 6.07) is 9.18. The van der Waals surface area contributed by atoms with Gasteiger partial charge in [0.1, 0.15) is 10.6 Å². The van der Waals surface area contributed by atoms with E-state index in [2.05, 4.69) is 4.98 Å². The Balaban J connectivity index is 1.55. The van der Waals surface area contributed by atoms with Crippen molar-refractivity contribution >= 4 is 44.9 Å². The van der Waals surface area contributed by atoms with Gasteiger partial charge in [-0.1, -0.05) is 29.4 Å². The van der Waals surface area contributed by atoms with Crippen molar-refractivity contribution in [3.63, 3.8) is 0 Å². The van der Waals surface area contributed by atoms with Crippen molar-refractivity contribution in [2.45, 2.75) is 11.6 Å². The van der Waals surface area contributed by atoms with Crippen molar-refractivity contribution in [2.75, 3.05) is 12.4 Å². The van der Waals surface area contributed by atoms with E-state index in [1.165, 1.54) is 11.3 Å². The summed E-state index contributed by atoms with van der Waals surface area (Å²) in [6.45, 7) is 0.600. The molecule has 0 aliphatic rings. The molecule has 3 rings (SSSR count). The summed E-state index contributed by atoms with van der Waals surface area (Å²) >= 11 is 8.97. The average molecular weight is 367 g/mol. The Morgan fingerprint density at radius 2 is 2.26 bits per heavy atom. The number of nitrogens with zero attached hydrogens (tertiary/aromatic N) is 2. The minimum absolute atomic E-state index is 0.00827. The average Bonchev–Trinajstić information content (AvgIpc) is 3.00. The van der Waals surface area contributed by atoms with Gasteiger partial charge in [0.25, 0.3) is 5.56 Å². The Hall–Kier alpha value is -1.50. The molecule has 120 valence electrons. The fraction of sp³-hybridized carbons (Fsp3) is 0.250. The van der Waals surface area contributed by atoms with E-state index in [9.17, 15) is 4.79 Å². The fourth-order valence-electron chi connectivity index (χ4n) is 2.08. The van der Waals surface area contributed by atoms with Crippen LogP contribution in [0.15, 0.2) is 45.7 Å². The Morgan fingerprint density at radius 1 is 1.39 bits per heavy atom. The van der Waals surface area contributed by atoms with Gasteiger partial charge in [0.05, 0.1) is 12.0 Å². The van der Waals surface area contributed by atoms with Crippen LogP contribution in [0.3, 0.4) is 0 Å². The summed E-state index contributed by atoms with van der Waals surface area (Å²) in [7, 11) is 1.76. The molecule has 0 fully saturated rings. The highest BCUT2D eigenvalue weighted by Crippen LogP contribution is 2.21. The number of fused-ring (bicyclic) bond motifs is 1. The fourth-order valence-corrected chi connectivity index (χ4v) is 3.95. The molecule has 7 heteroatoms. The minimum atomic E-state index is 0.00827. The van der Waals surface area contributed by atoms with Crippen molar-refractivity contribution in [1.82, 2.24) is 9.55 Å². The topological polar surface area (TPSA) is 44.1 Å². The number of thioether (sulfide) groups is 1. The SMILES string of the molecule is Cn1c(SCCCOc2cccc(Cl)c2)nc2sccc2c1=O. The molecule has 0 saturated carbocycles. The second-order valence-corrected chi connectivity index (χ2v) is 7.30. The molecular weight excluding hydrogens is 352 g/mol. The number of hydrogen-bond donors (Lipinski definition) is 0. The van der Waals surface area contributed by atoms with E-state index in [4.69, 9.17) is 16.3 Å². The van der Waals surface area contributed by atoms with Crippen molar-refractivity contribution in [2.24, 2.45) is 7.05 Å². The van der Waals surface area contributed by atoms with Crippen molar-refractivity contribution in [3.8, 4) is 5.75 Å². The van der Waals surface area contributed by atoms with E-state index in [1.54, 1.807) is 29.4 Å². The second-order valence-electron chi connectivity index (χ2n) is 4.91. The van der Waals surface area contributed by atoms with Gasteiger partial charge in [-0.05, 0) is 36.1 Å². The van der Waals surface area contributed by atoms with Crippen LogP contribution in [0, 0.1) is 0 Å². The maximum atomic E-state index is 12.2. The van der Waals surface area contributed by atoms with E-state index in [0.717, 1.165) is 27.9 Å². The van der Waals surface area contributed by atoms with Gasteiger partial charge in [-0.3, -0.25) is 9.36 Å². The first-order chi connectivity index (χ1) is 11.1. The smallest absolute Gasteiger partial charge is 0.262 e. The van der Waals surface area contributed by atoms with Gasteiger partial charge in [-0.2, -0.15) is 0 Å². The van der Waals surface area contributed by atoms with Gasteiger partial charge < -0.3 is 4.74 Å². The number of hydrogen-bond acceptors (Lipinski definition) is 5. The first kappa shape index (κ1) is 16.4. The third-order valence-electron chi connectivity index (χ3n) is 3.25. The lowest BCUT2D eigenvalue weighted by atomic mass is 10.3. The minimum Gasteiger partial charge on any atom is -0.494 e. The van der Waals surface area contributed by atoms with E-state index >= 15 is 0 Å². The van der Waals surface area contributed by atoms with Gasteiger partial charge in [-0.15, -0.1) is 11.3 Å². The largest absolute Gasteiger partial charge is 0.494 e. The first-order valence-corrected chi connectivity index (χ1v) is 9.35. The molecule has 0 radical (unpaired) electrons. The lowest BCUT2D eigenvalue weighted by Gasteiger charge is -2.08. The maximum Gasteiger partial charge on any atom is 0.262 e. The Bertz CT molecular complexity index is 876. The summed E-state index contributed by atoms with van der Waals surface area (Å²) in [5, 5.41) is 3.99. The Morgan fingerprint density at radius 3 is 3.09 bits per heavy atom. The van der Waals surface area contributed by atoms with Gasteiger partial charge in [0.15, 0.2) is 5.16 Å². The predicted octanol–water partition coefficient (Wildman–Crippen LogP) is 4.21. The zero-order valence-corrected chi connectivity index (χ0v) is 14.9. The van der Waals surface area contributed by atoms with Crippen LogP contribution in [0.1, 0.15) is 6.42 Å². The van der Waals surface area contributed by atoms with Crippen molar-refractivity contribution < 1.29 is 4.74 Å². The molecule has 2 aromatic heterocycles. The van der Waals surface area contributed by atoms with Crippen LogP contribution in [0.4, 0.5) is 0 Å². The summed E-state index contributed by atoms with van der Waals surface area (Å²) < 4.78 is 7.26. The van der Waals surface area contributed by atoms with Crippen LogP contribution >= 0.6 is 34.7 Å². The van der Waals surface area contributed by atoms with Gasteiger partial charge in [-0.25, -0.2) is 4.98 Å². The van der Waals surface area contributed by atoms with Crippen molar-refractivity contribution in [3.05, 3.63) is 51.1 Å². The first-order valence-electron chi connectivity index (χ1n) is 7.10. The maximum absolute atomic E-state index is 12.2. The van der Waals surface area contributed by atoms with Gasteiger partial charge >= 0.3 is 0 Å². The number of ether oxygens (including phenoxy) is 1. The number of benzene rings is 1. The molecule has 0 amide bonds. The number of thiophene rings is 1. The molecule has 2 heterocycles. The molecule has 0 bridgehead atoms. The summed E-state index contributed by atoms with van der Waals surface area (Å²) in [6.07, 6.45) is 0.857. The Kier molecular flexibility index (Phi) is 5.25. The van der Waals surface area contributed by atoms with Crippen LogP contribution < -0.4 is 10.3 Å². The zero-order valence-electron chi connectivity index (χ0n) is 12.5. The standard InChI is InChI=1S/C16H15ClN2O2S2/c1-19-15(20)13-6-9-22-14(13)18-16(19)23-8-3-7-21-12-5-2-4-11(17)10-12/h2,4-6,9-10H,3,7-8H2,1H3. The molecule has 4 nitrogen and oxygen atoms in total. The van der Waals surface area contributed by atoms with Crippen LogP contribution in [0.25, 0.3) is 10.2 Å². The predicted molar refractivity (Wildman–Crippen MR) is 97.1 cm³/mol. The molecule has 1 aromatic carbocycles.